The van der Waals surface area contributed by atoms with Gasteiger partial charge in [0, 0.05) is 18.3 Å². The second kappa shape index (κ2) is 9.37. The average molecular weight is 436 g/mol. The van der Waals surface area contributed by atoms with Crippen molar-refractivity contribution in [2.45, 2.75) is 20.1 Å². The second-order valence-electron chi connectivity index (χ2n) is 7.91. The molecule has 4 rings (SSSR count). The van der Waals surface area contributed by atoms with Crippen LogP contribution in [0.4, 0.5) is 10.2 Å². The van der Waals surface area contributed by atoms with Gasteiger partial charge in [-0.3, -0.25) is 4.98 Å². The summed E-state index contributed by atoms with van der Waals surface area (Å²) in [6, 6.07) is 9.57. The van der Waals surface area contributed by atoms with Crippen LogP contribution in [0.25, 0.3) is 22.6 Å². The van der Waals surface area contributed by atoms with Gasteiger partial charge in [0.15, 0.2) is 17.0 Å². The summed E-state index contributed by atoms with van der Waals surface area (Å²) in [5.41, 5.74) is 9.88. The van der Waals surface area contributed by atoms with Crippen molar-refractivity contribution in [1.82, 2.24) is 29.4 Å². The largest absolute Gasteiger partial charge is 0.382 e. The highest BCUT2D eigenvalue weighted by Gasteiger charge is 2.18. The molecule has 4 aromatic rings. The molecule has 9 heteroatoms. The molecule has 0 aliphatic rings. The Hall–Kier alpha value is -3.43. The highest BCUT2D eigenvalue weighted by molar-refractivity contribution is 5.85. The molecule has 3 heterocycles. The quantitative estimate of drug-likeness (QED) is 0.425. The number of halogens is 1. The van der Waals surface area contributed by atoms with Crippen LogP contribution in [0, 0.1) is 12.7 Å². The van der Waals surface area contributed by atoms with E-state index in [4.69, 9.17) is 10.5 Å². The van der Waals surface area contributed by atoms with Crippen LogP contribution in [-0.4, -0.2) is 56.6 Å². The van der Waals surface area contributed by atoms with Crippen LogP contribution in [0.3, 0.4) is 0 Å². The van der Waals surface area contributed by atoms with Crippen molar-refractivity contribution in [1.29, 1.82) is 0 Å². The standard InChI is InChI=1S/C23H26FN7O/c1-15-27-21(25)20-23(28-15)31(22(29-20)18-10-19(24)12-26-11-18)13-16-4-6-17(7-5-16)14-32-9-8-30(2)3/h4-7,10-12H,8-9,13-14H2,1-3H3,(H2,25,27,28). The third-order valence-corrected chi connectivity index (χ3v) is 5.01. The van der Waals surface area contributed by atoms with Gasteiger partial charge in [0.2, 0.25) is 0 Å². The first-order valence-electron chi connectivity index (χ1n) is 10.3. The SMILES string of the molecule is Cc1nc(N)c2nc(-c3cncc(F)c3)n(Cc3ccc(COCCN(C)C)cc3)c2n1. The van der Waals surface area contributed by atoms with Crippen LogP contribution in [0.15, 0.2) is 42.7 Å². The Morgan fingerprint density at radius 3 is 2.53 bits per heavy atom. The first-order valence-corrected chi connectivity index (χ1v) is 10.3. The smallest absolute Gasteiger partial charge is 0.166 e. The molecule has 0 atom stereocenters. The van der Waals surface area contributed by atoms with E-state index in [1.807, 2.05) is 42.9 Å². The molecule has 0 radical (unpaired) electrons. The van der Waals surface area contributed by atoms with Gasteiger partial charge in [-0.05, 0) is 38.2 Å². The van der Waals surface area contributed by atoms with E-state index >= 15 is 0 Å². The lowest BCUT2D eigenvalue weighted by atomic mass is 10.1. The van der Waals surface area contributed by atoms with Gasteiger partial charge in [-0.25, -0.2) is 19.3 Å². The van der Waals surface area contributed by atoms with Crippen LogP contribution in [0.5, 0.6) is 0 Å². The number of aryl methyl sites for hydroxylation is 1. The zero-order valence-electron chi connectivity index (χ0n) is 18.4. The van der Waals surface area contributed by atoms with E-state index in [9.17, 15) is 4.39 Å². The molecule has 0 saturated carbocycles. The number of hydrogen-bond donors (Lipinski definition) is 1. The maximum atomic E-state index is 13.9. The minimum atomic E-state index is -0.435. The first-order chi connectivity index (χ1) is 15.4. The number of nitrogen functional groups attached to an aromatic ring is 1. The van der Waals surface area contributed by atoms with Crippen molar-refractivity contribution in [3.63, 3.8) is 0 Å². The number of anilines is 1. The van der Waals surface area contributed by atoms with Gasteiger partial charge < -0.3 is 19.9 Å². The molecule has 0 aliphatic carbocycles. The summed E-state index contributed by atoms with van der Waals surface area (Å²) >= 11 is 0. The Labute approximate surface area is 185 Å². The van der Waals surface area contributed by atoms with Gasteiger partial charge in [-0.15, -0.1) is 0 Å². The van der Waals surface area contributed by atoms with Gasteiger partial charge in [-0.2, -0.15) is 0 Å². The number of nitrogens with two attached hydrogens (primary N) is 1. The Balaban J connectivity index is 1.64. The Morgan fingerprint density at radius 1 is 1.06 bits per heavy atom. The number of ether oxygens (including phenoxy) is 1. The molecule has 1 aromatic carbocycles. The van der Waals surface area contributed by atoms with Gasteiger partial charge in [0.05, 0.1) is 26.0 Å². The minimum Gasteiger partial charge on any atom is -0.382 e. The van der Waals surface area contributed by atoms with Gasteiger partial charge in [0.1, 0.15) is 17.5 Å². The van der Waals surface area contributed by atoms with E-state index < -0.39 is 5.82 Å². The van der Waals surface area contributed by atoms with Crippen molar-refractivity contribution < 1.29 is 9.13 Å². The van der Waals surface area contributed by atoms with Crippen LogP contribution in [0.1, 0.15) is 17.0 Å². The maximum absolute atomic E-state index is 13.9. The van der Waals surface area contributed by atoms with E-state index in [1.165, 1.54) is 6.07 Å². The molecule has 3 aromatic heterocycles. The van der Waals surface area contributed by atoms with E-state index in [-0.39, 0.29) is 0 Å². The third kappa shape index (κ3) is 4.90. The molecule has 0 spiro atoms. The van der Waals surface area contributed by atoms with Crippen molar-refractivity contribution in [2.75, 3.05) is 33.0 Å². The topological polar surface area (TPSA) is 95.0 Å². The van der Waals surface area contributed by atoms with Crippen molar-refractivity contribution >= 4 is 17.0 Å². The second-order valence-corrected chi connectivity index (χ2v) is 7.91. The molecule has 166 valence electrons. The number of rotatable bonds is 8. The number of benzene rings is 1. The number of nitrogens with zero attached hydrogens (tertiary/aromatic N) is 6. The number of imidazole rings is 1. The lowest BCUT2D eigenvalue weighted by Crippen LogP contribution is -2.17. The normalized spacial score (nSPS) is 11.5. The fourth-order valence-corrected chi connectivity index (χ4v) is 3.40. The molecule has 8 nitrogen and oxygen atoms in total. The Morgan fingerprint density at radius 2 is 1.81 bits per heavy atom. The molecule has 0 bridgehead atoms. The predicted octanol–water partition coefficient (Wildman–Crippen LogP) is 3.04. The number of likely N-dealkylation sites (N-methyl/N-ethyl adjacent to an activating group) is 1. The monoisotopic (exact) mass is 435 g/mol. The first kappa shape index (κ1) is 21.8. The lowest BCUT2D eigenvalue weighted by Gasteiger charge is -2.11. The number of hydrogen-bond acceptors (Lipinski definition) is 7. The summed E-state index contributed by atoms with van der Waals surface area (Å²) in [5.74, 6) is 0.942. The summed E-state index contributed by atoms with van der Waals surface area (Å²) in [5, 5.41) is 0. The van der Waals surface area contributed by atoms with Crippen molar-refractivity contribution in [3.05, 3.63) is 65.5 Å². The molecule has 0 fully saturated rings. The van der Waals surface area contributed by atoms with Crippen LogP contribution >= 0.6 is 0 Å². The molecular weight excluding hydrogens is 409 g/mol. The fraction of sp³-hybridized carbons (Fsp3) is 0.304. The Kier molecular flexibility index (Phi) is 6.38. The van der Waals surface area contributed by atoms with Crippen molar-refractivity contribution in [2.24, 2.45) is 0 Å². The molecule has 32 heavy (non-hydrogen) atoms. The van der Waals surface area contributed by atoms with E-state index in [2.05, 4.69) is 24.8 Å². The van der Waals surface area contributed by atoms with Crippen LogP contribution < -0.4 is 5.73 Å². The number of pyridine rings is 1. The predicted molar refractivity (Wildman–Crippen MR) is 121 cm³/mol. The minimum absolute atomic E-state index is 0.294. The van der Waals surface area contributed by atoms with Gasteiger partial charge in [0.25, 0.3) is 0 Å². The van der Waals surface area contributed by atoms with Crippen LogP contribution in [0.2, 0.25) is 0 Å². The van der Waals surface area contributed by atoms with Crippen molar-refractivity contribution in [3.8, 4) is 11.4 Å². The molecule has 2 N–H and O–H groups in total. The van der Waals surface area contributed by atoms with E-state index in [1.54, 1.807) is 13.1 Å². The summed E-state index contributed by atoms with van der Waals surface area (Å²) in [4.78, 5) is 19.4. The summed E-state index contributed by atoms with van der Waals surface area (Å²) in [6.07, 6.45) is 2.74. The van der Waals surface area contributed by atoms with Gasteiger partial charge >= 0.3 is 0 Å². The molecule has 0 unspecified atom stereocenters. The number of fused-ring (bicyclic) bond motifs is 1. The lowest BCUT2D eigenvalue weighted by molar-refractivity contribution is 0.105. The fourth-order valence-electron chi connectivity index (χ4n) is 3.40. The summed E-state index contributed by atoms with van der Waals surface area (Å²) in [7, 11) is 4.04. The van der Waals surface area contributed by atoms with E-state index in [0.29, 0.717) is 54.0 Å². The zero-order chi connectivity index (χ0) is 22.7. The van der Waals surface area contributed by atoms with E-state index in [0.717, 1.165) is 23.9 Å². The Bertz CT molecular complexity index is 1220. The average Bonchev–Trinajstić information content (AvgIpc) is 3.11. The highest BCUT2D eigenvalue weighted by Crippen LogP contribution is 2.27. The van der Waals surface area contributed by atoms with Crippen LogP contribution in [-0.2, 0) is 17.9 Å². The van der Waals surface area contributed by atoms with Gasteiger partial charge in [-0.1, -0.05) is 24.3 Å². The number of aromatic nitrogens is 5. The highest BCUT2D eigenvalue weighted by atomic mass is 19.1. The zero-order valence-corrected chi connectivity index (χ0v) is 18.4. The molecule has 0 aliphatic heterocycles. The molecular formula is C23H26FN7O. The summed E-state index contributed by atoms with van der Waals surface area (Å²) in [6.45, 7) is 4.39. The molecule has 0 saturated heterocycles. The maximum Gasteiger partial charge on any atom is 0.166 e. The third-order valence-electron chi connectivity index (χ3n) is 5.01. The summed E-state index contributed by atoms with van der Waals surface area (Å²) < 4.78 is 21.5. The molecule has 0 amide bonds.